The van der Waals surface area contributed by atoms with Crippen LogP contribution < -0.4 is 16.4 Å². The number of benzene rings is 2. The monoisotopic (exact) mass is 586 g/mol. The number of carboxylic acid groups (broad SMARTS) is 3. The van der Waals surface area contributed by atoms with Gasteiger partial charge in [0, 0.05) is 26.7 Å². The fourth-order valence-corrected chi connectivity index (χ4v) is 4.11. The molecular formula is C28H31ClN4O6S. The number of aromatic nitrogens is 1. The molecule has 2 heterocycles. The van der Waals surface area contributed by atoms with Crippen LogP contribution in [0.4, 0.5) is 11.5 Å². The van der Waals surface area contributed by atoms with Crippen LogP contribution in [0.2, 0.25) is 5.02 Å². The zero-order chi connectivity index (χ0) is 29.7. The normalized spacial score (nSPS) is 12.4. The Kier molecular flexibility index (Phi) is 12.8. The summed E-state index contributed by atoms with van der Waals surface area (Å²) in [7, 11) is 0. The molecule has 0 unspecified atom stereocenters. The van der Waals surface area contributed by atoms with Crippen LogP contribution in [0.1, 0.15) is 19.4 Å². The number of nitrogens with one attached hydrogen (secondary N) is 2. The zero-order valence-electron chi connectivity index (χ0n) is 21.8. The van der Waals surface area contributed by atoms with Crippen LogP contribution >= 0.6 is 22.9 Å². The standard InChI is InChI=1S/C11H11NO2S.C9H10ClNO2.C8H10N2O2/c1-7(11(13)14)12-9-6-15-10-5-3-2-4-8(9)10;10-7-3-1-6(2-4-7)5-8(11)9(12)13;1-6(8(11)12)10-7-4-2-3-5-9-7/h2-7,12H,1H3,(H,13,14);1-4,8H,5,11H2,(H,12,13);2-6H,1H3,(H,9,10)(H,11,12)/t7-;8-;6-/m000/s1. The molecule has 40 heavy (non-hydrogen) atoms. The molecule has 0 amide bonds. The van der Waals surface area contributed by atoms with E-state index in [0.717, 1.165) is 21.3 Å². The number of nitrogens with two attached hydrogens (primary N) is 1. The van der Waals surface area contributed by atoms with E-state index in [0.29, 0.717) is 17.3 Å². The Morgan fingerprint density at radius 3 is 2.05 bits per heavy atom. The first kappa shape index (κ1) is 32.0. The summed E-state index contributed by atoms with van der Waals surface area (Å²) in [6.07, 6.45) is 1.93. The first-order valence-corrected chi connectivity index (χ1v) is 13.3. The van der Waals surface area contributed by atoms with Crippen molar-refractivity contribution >= 4 is 62.4 Å². The number of rotatable bonds is 9. The van der Waals surface area contributed by atoms with Crippen molar-refractivity contribution in [2.24, 2.45) is 5.73 Å². The van der Waals surface area contributed by atoms with Crippen molar-refractivity contribution in [3.63, 3.8) is 0 Å². The minimum absolute atomic E-state index is 0.326. The molecule has 7 N–H and O–H groups in total. The molecule has 0 fully saturated rings. The van der Waals surface area contributed by atoms with Crippen molar-refractivity contribution in [2.75, 3.05) is 10.6 Å². The van der Waals surface area contributed by atoms with Crippen LogP contribution in [0, 0.1) is 0 Å². The maximum absolute atomic E-state index is 10.7. The summed E-state index contributed by atoms with van der Waals surface area (Å²) in [5.74, 6) is -2.15. The molecule has 0 aliphatic carbocycles. The average Bonchev–Trinajstić information content (AvgIpc) is 3.33. The number of fused-ring (bicyclic) bond motifs is 1. The Bertz CT molecular complexity index is 1380. The summed E-state index contributed by atoms with van der Waals surface area (Å²) in [6.45, 7) is 3.20. The van der Waals surface area contributed by atoms with Gasteiger partial charge >= 0.3 is 17.9 Å². The molecule has 0 saturated carbocycles. The number of nitrogens with zero attached hydrogens (tertiary/aromatic N) is 1. The SMILES string of the molecule is C[C@H](Nc1ccccn1)C(=O)O.C[C@H](Nc1csc2ccccc12)C(=O)O.N[C@@H](Cc1ccc(Cl)cc1)C(=O)O. The fraction of sp³-hybridized carbons (Fsp3) is 0.214. The molecule has 0 aliphatic heterocycles. The Labute approximate surface area is 240 Å². The third-order valence-corrected chi connectivity index (χ3v) is 6.52. The highest BCUT2D eigenvalue weighted by Crippen LogP contribution is 2.30. The quantitative estimate of drug-likeness (QED) is 0.156. The van der Waals surface area contributed by atoms with Crippen molar-refractivity contribution in [1.29, 1.82) is 0 Å². The molecule has 10 nitrogen and oxygen atoms in total. The van der Waals surface area contributed by atoms with Gasteiger partial charge in [0.05, 0.1) is 5.69 Å². The maximum atomic E-state index is 10.7. The van der Waals surface area contributed by atoms with Gasteiger partial charge in [0.25, 0.3) is 0 Å². The lowest BCUT2D eigenvalue weighted by Gasteiger charge is -2.09. The average molecular weight is 587 g/mol. The van der Waals surface area contributed by atoms with Crippen molar-refractivity contribution in [3.05, 3.63) is 88.9 Å². The lowest BCUT2D eigenvalue weighted by atomic mass is 10.1. The van der Waals surface area contributed by atoms with Gasteiger partial charge in [0.1, 0.15) is 23.9 Å². The Hall–Kier alpha value is -4.19. The molecule has 0 saturated heterocycles. The molecule has 12 heteroatoms. The summed E-state index contributed by atoms with van der Waals surface area (Å²) in [5.41, 5.74) is 7.12. The third-order valence-electron chi connectivity index (χ3n) is 5.31. The van der Waals surface area contributed by atoms with Crippen LogP contribution in [0.3, 0.4) is 0 Å². The zero-order valence-corrected chi connectivity index (χ0v) is 23.4. The summed E-state index contributed by atoms with van der Waals surface area (Å²) in [5, 5.41) is 35.3. The first-order chi connectivity index (χ1) is 19.0. The first-order valence-electron chi connectivity index (χ1n) is 12.1. The van der Waals surface area contributed by atoms with Crippen LogP contribution in [0.5, 0.6) is 0 Å². The number of hydrogen-bond acceptors (Lipinski definition) is 8. The lowest BCUT2D eigenvalue weighted by Crippen LogP contribution is -2.32. The summed E-state index contributed by atoms with van der Waals surface area (Å²) < 4.78 is 1.16. The second kappa shape index (κ2) is 16.0. The minimum atomic E-state index is -0.991. The fourth-order valence-electron chi connectivity index (χ4n) is 3.08. The molecular weight excluding hydrogens is 556 g/mol. The predicted octanol–water partition coefficient (Wildman–Crippen LogP) is 5.05. The molecule has 2 aromatic carbocycles. The van der Waals surface area contributed by atoms with E-state index in [-0.39, 0.29) is 0 Å². The molecule has 0 aliphatic rings. The van der Waals surface area contributed by atoms with Crippen LogP contribution in [-0.2, 0) is 20.8 Å². The smallest absolute Gasteiger partial charge is 0.325 e. The molecule has 3 atom stereocenters. The summed E-state index contributed by atoms with van der Waals surface area (Å²) in [6, 6.07) is 18.2. The topological polar surface area (TPSA) is 175 Å². The number of pyridine rings is 1. The molecule has 212 valence electrons. The van der Waals surface area contributed by atoms with E-state index < -0.39 is 36.0 Å². The number of anilines is 2. The van der Waals surface area contributed by atoms with E-state index in [2.05, 4.69) is 15.6 Å². The van der Waals surface area contributed by atoms with Gasteiger partial charge in [-0.2, -0.15) is 0 Å². The summed E-state index contributed by atoms with van der Waals surface area (Å²) in [4.78, 5) is 35.5. The van der Waals surface area contributed by atoms with Gasteiger partial charge in [-0.1, -0.05) is 48.0 Å². The number of halogens is 1. The molecule has 4 aromatic rings. The Morgan fingerprint density at radius 2 is 1.48 bits per heavy atom. The van der Waals surface area contributed by atoms with E-state index >= 15 is 0 Å². The lowest BCUT2D eigenvalue weighted by molar-refractivity contribution is -0.139. The second-order valence-corrected chi connectivity index (χ2v) is 9.89. The molecule has 0 bridgehead atoms. The maximum Gasteiger partial charge on any atom is 0.325 e. The summed E-state index contributed by atoms with van der Waals surface area (Å²) >= 11 is 7.28. The van der Waals surface area contributed by atoms with Gasteiger partial charge in [-0.3, -0.25) is 14.4 Å². The van der Waals surface area contributed by atoms with Gasteiger partial charge in [-0.05, 0) is 56.2 Å². The Balaban J connectivity index is 0.000000212. The van der Waals surface area contributed by atoms with E-state index in [4.69, 9.17) is 32.7 Å². The highest BCUT2D eigenvalue weighted by molar-refractivity contribution is 7.17. The highest BCUT2D eigenvalue weighted by atomic mass is 35.5. The highest BCUT2D eigenvalue weighted by Gasteiger charge is 2.13. The van der Waals surface area contributed by atoms with Crippen LogP contribution in [0.15, 0.2) is 78.3 Å². The Morgan fingerprint density at radius 1 is 0.875 bits per heavy atom. The van der Waals surface area contributed by atoms with Gasteiger partial charge in [0.15, 0.2) is 0 Å². The molecule has 0 spiro atoms. The van der Waals surface area contributed by atoms with Crippen molar-refractivity contribution in [2.45, 2.75) is 38.4 Å². The predicted molar refractivity (Wildman–Crippen MR) is 158 cm³/mol. The van der Waals surface area contributed by atoms with Crippen molar-refractivity contribution in [3.8, 4) is 0 Å². The molecule has 2 aromatic heterocycles. The number of carboxylic acids is 3. The van der Waals surface area contributed by atoms with Gasteiger partial charge in [-0.25, -0.2) is 4.98 Å². The van der Waals surface area contributed by atoms with Crippen molar-refractivity contribution < 1.29 is 29.7 Å². The van der Waals surface area contributed by atoms with Crippen molar-refractivity contribution in [1.82, 2.24) is 4.98 Å². The van der Waals surface area contributed by atoms with E-state index in [1.54, 1.807) is 73.8 Å². The largest absolute Gasteiger partial charge is 0.480 e. The number of hydrogen-bond donors (Lipinski definition) is 6. The third kappa shape index (κ3) is 10.9. The van der Waals surface area contributed by atoms with E-state index in [1.807, 2.05) is 29.6 Å². The van der Waals surface area contributed by atoms with Gasteiger partial charge in [-0.15, -0.1) is 11.3 Å². The van der Waals surface area contributed by atoms with Gasteiger partial charge < -0.3 is 31.7 Å². The molecule has 0 radical (unpaired) electrons. The van der Waals surface area contributed by atoms with E-state index in [1.165, 1.54) is 0 Å². The second-order valence-electron chi connectivity index (χ2n) is 8.54. The van der Waals surface area contributed by atoms with Gasteiger partial charge in [0.2, 0.25) is 0 Å². The number of carbonyl (C=O) groups is 3. The number of thiophene rings is 1. The van der Waals surface area contributed by atoms with Crippen LogP contribution in [0.25, 0.3) is 10.1 Å². The number of aliphatic carboxylic acids is 3. The minimum Gasteiger partial charge on any atom is -0.480 e. The molecule has 4 rings (SSSR count). The van der Waals surface area contributed by atoms with E-state index in [9.17, 15) is 14.4 Å². The van der Waals surface area contributed by atoms with Crippen LogP contribution in [-0.4, -0.2) is 56.3 Å².